The average molecular weight is 206 g/mol. The first-order chi connectivity index (χ1) is 7.11. The fourth-order valence-electron chi connectivity index (χ4n) is 1.62. The van der Waals surface area contributed by atoms with Gasteiger partial charge in [-0.3, -0.25) is 10.1 Å². The molecule has 0 saturated carbocycles. The Labute approximate surface area is 86.3 Å². The third-order valence-corrected chi connectivity index (χ3v) is 2.42. The number of carbonyl (C=O) groups excluding carboxylic acids is 2. The number of hydrogen-bond donors (Lipinski definition) is 2. The van der Waals surface area contributed by atoms with E-state index < -0.39 is 18.0 Å². The molecule has 1 aliphatic rings. The Hall–Kier alpha value is -2.04. The summed E-state index contributed by atoms with van der Waals surface area (Å²) in [5.41, 5.74) is 0.434. The van der Waals surface area contributed by atoms with Gasteiger partial charge in [-0.2, -0.15) is 0 Å². The summed E-state index contributed by atoms with van der Waals surface area (Å²) in [4.78, 5) is 23.9. The number of aromatic hydroxyl groups is 1. The number of benzene rings is 1. The second-order valence-electron chi connectivity index (χ2n) is 3.37. The van der Waals surface area contributed by atoms with Gasteiger partial charge in [0.1, 0.15) is 11.8 Å². The van der Waals surface area contributed by atoms with E-state index in [4.69, 9.17) is 0 Å². The minimum atomic E-state index is -0.737. The molecule has 1 aromatic rings. The lowest BCUT2D eigenvalue weighted by atomic mass is 10.1. The van der Waals surface area contributed by atoms with E-state index in [9.17, 15) is 14.7 Å². The molecule has 0 bridgehead atoms. The first kappa shape index (κ1) is 9.51. The lowest BCUT2D eigenvalue weighted by Gasteiger charge is -2.17. The number of rotatable bonds is 1. The molecule has 1 fully saturated rings. The van der Waals surface area contributed by atoms with Crippen LogP contribution in [0.1, 0.15) is 11.6 Å². The molecule has 5 heteroatoms. The number of hydrogen-bond acceptors (Lipinski definition) is 3. The van der Waals surface area contributed by atoms with Gasteiger partial charge in [0, 0.05) is 12.6 Å². The highest BCUT2D eigenvalue weighted by Gasteiger charge is 2.37. The van der Waals surface area contributed by atoms with E-state index in [1.54, 1.807) is 18.2 Å². The molecular weight excluding hydrogens is 196 g/mol. The van der Waals surface area contributed by atoms with E-state index in [0.29, 0.717) is 5.56 Å². The third-order valence-electron chi connectivity index (χ3n) is 2.42. The highest BCUT2D eigenvalue weighted by molar-refractivity contribution is 6.04. The van der Waals surface area contributed by atoms with Crippen molar-refractivity contribution >= 4 is 11.9 Å². The molecule has 1 saturated heterocycles. The molecular formula is C10H10N2O3. The van der Waals surface area contributed by atoms with E-state index in [0.717, 1.165) is 0 Å². The number of urea groups is 1. The molecule has 15 heavy (non-hydrogen) atoms. The van der Waals surface area contributed by atoms with Crippen LogP contribution >= 0.6 is 0 Å². The van der Waals surface area contributed by atoms with Crippen LogP contribution in [0, 0.1) is 0 Å². The Morgan fingerprint density at radius 2 is 2.00 bits per heavy atom. The monoisotopic (exact) mass is 206 g/mol. The second kappa shape index (κ2) is 3.27. The Morgan fingerprint density at radius 3 is 2.53 bits per heavy atom. The van der Waals surface area contributed by atoms with E-state index >= 15 is 0 Å². The SMILES string of the molecule is CN1C(=O)NC(=O)[C@H]1c1ccccc1O. The molecule has 5 nitrogen and oxygen atoms in total. The standard InChI is InChI=1S/C10H10N2O3/c1-12-8(9(14)11-10(12)15)6-4-2-3-5-7(6)13/h2-5,8,13H,1H3,(H,11,14,15)/t8-/m1/s1. The molecule has 0 spiro atoms. The van der Waals surface area contributed by atoms with Crippen molar-refractivity contribution in [3.8, 4) is 5.75 Å². The largest absolute Gasteiger partial charge is 0.508 e. The van der Waals surface area contributed by atoms with Crippen molar-refractivity contribution in [3.63, 3.8) is 0 Å². The molecule has 0 aromatic heterocycles. The molecule has 1 heterocycles. The van der Waals surface area contributed by atoms with Crippen LogP contribution in [0.2, 0.25) is 0 Å². The summed E-state index contributed by atoms with van der Waals surface area (Å²) in [6, 6.07) is 5.28. The summed E-state index contributed by atoms with van der Waals surface area (Å²) in [6.07, 6.45) is 0. The van der Waals surface area contributed by atoms with E-state index in [2.05, 4.69) is 5.32 Å². The highest BCUT2D eigenvalue weighted by Crippen LogP contribution is 2.30. The summed E-state index contributed by atoms with van der Waals surface area (Å²) in [6.45, 7) is 0. The smallest absolute Gasteiger partial charge is 0.324 e. The molecule has 0 unspecified atom stereocenters. The van der Waals surface area contributed by atoms with Crippen LogP contribution in [0.15, 0.2) is 24.3 Å². The first-order valence-electron chi connectivity index (χ1n) is 4.47. The summed E-state index contributed by atoms with van der Waals surface area (Å²) < 4.78 is 0. The summed E-state index contributed by atoms with van der Waals surface area (Å²) in [5.74, 6) is -0.400. The van der Waals surface area contributed by atoms with E-state index in [-0.39, 0.29) is 5.75 Å². The van der Waals surface area contributed by atoms with Gasteiger partial charge in [-0.05, 0) is 6.07 Å². The predicted molar refractivity (Wildman–Crippen MR) is 52.1 cm³/mol. The Bertz CT molecular complexity index is 430. The molecule has 0 radical (unpaired) electrons. The molecule has 0 aliphatic carbocycles. The number of phenols is 1. The lowest BCUT2D eigenvalue weighted by Crippen LogP contribution is -2.25. The fourth-order valence-corrected chi connectivity index (χ4v) is 1.62. The first-order valence-corrected chi connectivity index (χ1v) is 4.47. The summed E-state index contributed by atoms with van der Waals surface area (Å²) in [7, 11) is 1.51. The number of nitrogens with zero attached hydrogens (tertiary/aromatic N) is 1. The lowest BCUT2D eigenvalue weighted by molar-refractivity contribution is -0.121. The number of nitrogens with one attached hydrogen (secondary N) is 1. The maximum atomic E-state index is 11.5. The van der Waals surface area contributed by atoms with E-state index in [1.165, 1.54) is 18.0 Å². The Morgan fingerprint density at radius 1 is 1.33 bits per heavy atom. The maximum Gasteiger partial charge on any atom is 0.324 e. The van der Waals surface area contributed by atoms with Crippen LogP contribution in [0.3, 0.4) is 0 Å². The molecule has 3 amide bonds. The van der Waals surface area contributed by atoms with Crippen molar-refractivity contribution in [1.29, 1.82) is 0 Å². The zero-order valence-electron chi connectivity index (χ0n) is 8.10. The van der Waals surface area contributed by atoms with Crippen LogP contribution < -0.4 is 5.32 Å². The van der Waals surface area contributed by atoms with E-state index in [1.807, 2.05) is 0 Å². The van der Waals surface area contributed by atoms with Gasteiger partial charge < -0.3 is 10.0 Å². The van der Waals surface area contributed by atoms with Crippen LogP contribution in [-0.2, 0) is 4.79 Å². The van der Waals surface area contributed by atoms with Crippen LogP contribution in [0.25, 0.3) is 0 Å². The van der Waals surface area contributed by atoms with Crippen molar-refractivity contribution in [2.45, 2.75) is 6.04 Å². The van der Waals surface area contributed by atoms with Crippen LogP contribution in [0.4, 0.5) is 4.79 Å². The molecule has 1 aliphatic heterocycles. The highest BCUT2D eigenvalue weighted by atomic mass is 16.3. The van der Waals surface area contributed by atoms with Crippen molar-refractivity contribution in [3.05, 3.63) is 29.8 Å². The molecule has 1 aromatic carbocycles. The van der Waals surface area contributed by atoms with Gasteiger partial charge in [0.25, 0.3) is 5.91 Å². The Kier molecular flexibility index (Phi) is 2.07. The third kappa shape index (κ3) is 1.41. The predicted octanol–water partition coefficient (Wildman–Crippen LogP) is 0.615. The average Bonchev–Trinajstić information content (AvgIpc) is 2.43. The molecule has 2 N–H and O–H groups in total. The second-order valence-corrected chi connectivity index (χ2v) is 3.37. The number of carbonyl (C=O) groups is 2. The zero-order valence-corrected chi connectivity index (χ0v) is 8.10. The number of para-hydroxylation sites is 1. The van der Waals surface area contributed by atoms with Crippen LogP contribution in [-0.4, -0.2) is 29.0 Å². The number of likely N-dealkylation sites (N-methyl/N-ethyl adjacent to an activating group) is 1. The molecule has 2 rings (SSSR count). The number of amides is 3. The van der Waals surface area contributed by atoms with Gasteiger partial charge >= 0.3 is 6.03 Å². The van der Waals surface area contributed by atoms with Gasteiger partial charge in [-0.15, -0.1) is 0 Å². The number of imide groups is 1. The van der Waals surface area contributed by atoms with Crippen LogP contribution in [0.5, 0.6) is 5.75 Å². The Balaban J connectivity index is 2.43. The summed E-state index contributed by atoms with van der Waals surface area (Å²) in [5, 5.41) is 11.8. The van der Waals surface area contributed by atoms with Crippen molar-refractivity contribution < 1.29 is 14.7 Å². The van der Waals surface area contributed by atoms with Crippen molar-refractivity contribution in [2.75, 3.05) is 7.05 Å². The molecule has 1 atom stereocenters. The van der Waals surface area contributed by atoms with Gasteiger partial charge in [0.15, 0.2) is 0 Å². The number of phenolic OH excluding ortho intramolecular Hbond substituents is 1. The minimum absolute atomic E-state index is 0.0131. The van der Waals surface area contributed by atoms with Crippen molar-refractivity contribution in [1.82, 2.24) is 10.2 Å². The summed E-state index contributed by atoms with van der Waals surface area (Å²) >= 11 is 0. The quantitative estimate of drug-likeness (QED) is 0.661. The topological polar surface area (TPSA) is 69.6 Å². The molecule has 78 valence electrons. The van der Waals surface area contributed by atoms with Gasteiger partial charge in [-0.25, -0.2) is 4.79 Å². The fraction of sp³-hybridized carbons (Fsp3) is 0.200. The minimum Gasteiger partial charge on any atom is -0.508 e. The van der Waals surface area contributed by atoms with Gasteiger partial charge in [0.05, 0.1) is 0 Å². The van der Waals surface area contributed by atoms with Gasteiger partial charge in [-0.1, -0.05) is 18.2 Å². The zero-order chi connectivity index (χ0) is 11.0. The maximum absolute atomic E-state index is 11.5. The van der Waals surface area contributed by atoms with Gasteiger partial charge in [0.2, 0.25) is 0 Å². The normalized spacial score (nSPS) is 20.6. The van der Waals surface area contributed by atoms with Crippen molar-refractivity contribution in [2.24, 2.45) is 0 Å².